The van der Waals surface area contributed by atoms with Crippen LogP contribution in [0.4, 0.5) is 10.1 Å². The van der Waals surface area contributed by atoms with E-state index in [1.54, 1.807) is 6.07 Å². The standard InChI is InChI=1S/C12H13FN2O/c1-3-5-11(14)12(16)15(2)10-7-4-6-9(13)8-10/h1,4,6-8,11H,5,14H2,2H3. The Bertz CT molecular complexity index is 425. The lowest BCUT2D eigenvalue weighted by Crippen LogP contribution is -2.41. The normalized spacial score (nSPS) is 11.6. The minimum absolute atomic E-state index is 0.165. The lowest BCUT2D eigenvalue weighted by atomic mass is 10.2. The van der Waals surface area contributed by atoms with Crippen molar-refractivity contribution in [1.82, 2.24) is 0 Å². The van der Waals surface area contributed by atoms with E-state index in [-0.39, 0.29) is 12.3 Å². The number of nitrogens with two attached hydrogens (primary N) is 1. The fourth-order valence-corrected chi connectivity index (χ4v) is 1.28. The Balaban J connectivity index is 2.82. The number of carbonyl (C=O) groups excluding carboxylic acids is 1. The van der Waals surface area contributed by atoms with Crippen LogP contribution in [0.25, 0.3) is 0 Å². The van der Waals surface area contributed by atoms with Gasteiger partial charge in [-0.05, 0) is 18.2 Å². The average Bonchev–Trinajstić information content (AvgIpc) is 2.27. The molecule has 0 aromatic heterocycles. The molecule has 1 atom stereocenters. The lowest BCUT2D eigenvalue weighted by molar-refractivity contribution is -0.119. The molecular weight excluding hydrogens is 207 g/mol. The maximum atomic E-state index is 12.9. The van der Waals surface area contributed by atoms with Crippen molar-refractivity contribution in [3.63, 3.8) is 0 Å². The third-order valence-electron chi connectivity index (χ3n) is 2.18. The first kappa shape index (κ1) is 12.2. The van der Waals surface area contributed by atoms with E-state index >= 15 is 0 Å². The zero-order chi connectivity index (χ0) is 12.1. The van der Waals surface area contributed by atoms with Crippen molar-refractivity contribution < 1.29 is 9.18 Å². The summed E-state index contributed by atoms with van der Waals surface area (Å²) >= 11 is 0. The van der Waals surface area contributed by atoms with E-state index in [0.717, 1.165) is 0 Å². The maximum absolute atomic E-state index is 12.9. The van der Waals surface area contributed by atoms with Crippen molar-refractivity contribution >= 4 is 11.6 Å². The molecule has 0 saturated carbocycles. The van der Waals surface area contributed by atoms with Crippen LogP contribution in [0, 0.1) is 18.2 Å². The van der Waals surface area contributed by atoms with Crippen molar-refractivity contribution in [2.75, 3.05) is 11.9 Å². The third-order valence-corrected chi connectivity index (χ3v) is 2.18. The van der Waals surface area contributed by atoms with Crippen LogP contribution in [0.2, 0.25) is 0 Å². The Morgan fingerprint density at radius 1 is 1.69 bits per heavy atom. The van der Waals surface area contributed by atoms with Gasteiger partial charge in [0.1, 0.15) is 5.82 Å². The first-order valence-electron chi connectivity index (χ1n) is 4.78. The fraction of sp³-hybridized carbons (Fsp3) is 0.250. The number of likely N-dealkylation sites (N-methyl/N-ethyl adjacent to an activating group) is 1. The molecule has 0 bridgehead atoms. The molecule has 1 aromatic carbocycles. The average molecular weight is 220 g/mol. The molecule has 16 heavy (non-hydrogen) atoms. The molecular formula is C12H13FN2O. The summed E-state index contributed by atoms with van der Waals surface area (Å²) in [4.78, 5) is 13.0. The van der Waals surface area contributed by atoms with Gasteiger partial charge in [0.05, 0.1) is 6.04 Å². The molecule has 1 unspecified atom stereocenters. The van der Waals surface area contributed by atoms with Gasteiger partial charge in [0, 0.05) is 19.2 Å². The lowest BCUT2D eigenvalue weighted by Gasteiger charge is -2.20. The molecule has 4 heteroatoms. The van der Waals surface area contributed by atoms with Crippen LogP contribution < -0.4 is 10.6 Å². The number of amides is 1. The summed E-state index contributed by atoms with van der Waals surface area (Å²) in [5.74, 6) is 1.59. The molecule has 0 saturated heterocycles. The number of hydrogen-bond acceptors (Lipinski definition) is 2. The second kappa shape index (κ2) is 5.29. The molecule has 3 nitrogen and oxygen atoms in total. The van der Waals surface area contributed by atoms with Crippen LogP contribution >= 0.6 is 0 Å². The monoisotopic (exact) mass is 220 g/mol. The Hall–Kier alpha value is -1.86. The Labute approximate surface area is 94.0 Å². The summed E-state index contributed by atoms with van der Waals surface area (Å²) in [6.45, 7) is 0. The van der Waals surface area contributed by atoms with Crippen molar-refractivity contribution in [2.24, 2.45) is 5.73 Å². The highest BCUT2D eigenvalue weighted by atomic mass is 19.1. The van der Waals surface area contributed by atoms with Gasteiger partial charge in [0.25, 0.3) is 0 Å². The minimum atomic E-state index is -0.752. The molecule has 0 radical (unpaired) electrons. The van der Waals surface area contributed by atoms with Crippen molar-refractivity contribution in [3.8, 4) is 12.3 Å². The maximum Gasteiger partial charge on any atom is 0.244 e. The largest absolute Gasteiger partial charge is 0.319 e. The van der Waals surface area contributed by atoms with E-state index in [4.69, 9.17) is 12.2 Å². The molecule has 0 aliphatic heterocycles. The highest BCUT2D eigenvalue weighted by Gasteiger charge is 2.18. The van der Waals surface area contributed by atoms with E-state index in [1.165, 1.54) is 30.1 Å². The summed E-state index contributed by atoms with van der Waals surface area (Å²) < 4.78 is 12.9. The molecule has 0 aliphatic rings. The van der Waals surface area contributed by atoms with Crippen LogP contribution in [-0.4, -0.2) is 19.0 Å². The number of rotatable bonds is 3. The molecule has 2 N–H and O–H groups in total. The van der Waals surface area contributed by atoms with E-state index < -0.39 is 11.9 Å². The van der Waals surface area contributed by atoms with Gasteiger partial charge in [0.15, 0.2) is 0 Å². The molecule has 1 amide bonds. The summed E-state index contributed by atoms with van der Waals surface area (Å²) in [5, 5.41) is 0. The van der Waals surface area contributed by atoms with Crippen LogP contribution in [0.5, 0.6) is 0 Å². The van der Waals surface area contributed by atoms with Crippen LogP contribution in [0.15, 0.2) is 24.3 Å². The van der Waals surface area contributed by atoms with Crippen molar-refractivity contribution in [1.29, 1.82) is 0 Å². The summed E-state index contributed by atoms with van der Waals surface area (Å²) in [6.07, 6.45) is 5.23. The zero-order valence-corrected chi connectivity index (χ0v) is 8.98. The van der Waals surface area contributed by atoms with Crippen LogP contribution in [0.1, 0.15) is 6.42 Å². The van der Waals surface area contributed by atoms with Gasteiger partial charge in [-0.15, -0.1) is 12.3 Å². The number of halogens is 1. The molecule has 0 fully saturated rings. The molecule has 1 aromatic rings. The van der Waals surface area contributed by atoms with E-state index in [2.05, 4.69) is 5.92 Å². The van der Waals surface area contributed by atoms with E-state index in [0.29, 0.717) is 5.69 Å². The molecule has 84 valence electrons. The van der Waals surface area contributed by atoms with Crippen molar-refractivity contribution in [2.45, 2.75) is 12.5 Å². The van der Waals surface area contributed by atoms with Gasteiger partial charge < -0.3 is 10.6 Å². The number of carbonyl (C=O) groups is 1. The topological polar surface area (TPSA) is 46.3 Å². The number of terminal acetylenes is 1. The number of nitrogens with zero attached hydrogens (tertiary/aromatic N) is 1. The summed E-state index contributed by atoms with van der Waals surface area (Å²) in [7, 11) is 1.54. The van der Waals surface area contributed by atoms with Gasteiger partial charge in [-0.1, -0.05) is 6.07 Å². The van der Waals surface area contributed by atoms with Gasteiger partial charge in [-0.25, -0.2) is 4.39 Å². The van der Waals surface area contributed by atoms with Crippen LogP contribution in [-0.2, 0) is 4.79 Å². The number of benzene rings is 1. The predicted octanol–water partition coefficient (Wildman–Crippen LogP) is 1.14. The first-order chi connectivity index (χ1) is 7.56. The van der Waals surface area contributed by atoms with Gasteiger partial charge in [-0.2, -0.15) is 0 Å². The predicted molar refractivity (Wildman–Crippen MR) is 61.2 cm³/mol. The quantitative estimate of drug-likeness (QED) is 0.776. The second-order valence-corrected chi connectivity index (χ2v) is 3.39. The van der Waals surface area contributed by atoms with Gasteiger partial charge in [-0.3, -0.25) is 4.79 Å². The SMILES string of the molecule is C#CCC(N)C(=O)N(C)c1cccc(F)c1. The van der Waals surface area contributed by atoms with Crippen molar-refractivity contribution in [3.05, 3.63) is 30.1 Å². The van der Waals surface area contributed by atoms with E-state index in [9.17, 15) is 9.18 Å². The Morgan fingerprint density at radius 2 is 2.38 bits per heavy atom. The molecule has 0 heterocycles. The molecule has 0 spiro atoms. The Morgan fingerprint density at radius 3 is 2.94 bits per heavy atom. The highest BCUT2D eigenvalue weighted by molar-refractivity contribution is 5.96. The minimum Gasteiger partial charge on any atom is -0.319 e. The fourth-order valence-electron chi connectivity index (χ4n) is 1.28. The second-order valence-electron chi connectivity index (χ2n) is 3.39. The Kier molecular flexibility index (Phi) is 4.03. The summed E-state index contributed by atoms with van der Waals surface area (Å²) in [5.41, 5.74) is 6.03. The van der Waals surface area contributed by atoms with Gasteiger partial charge >= 0.3 is 0 Å². The molecule has 1 rings (SSSR count). The molecule has 0 aliphatic carbocycles. The first-order valence-corrected chi connectivity index (χ1v) is 4.78. The zero-order valence-electron chi connectivity index (χ0n) is 8.98. The number of anilines is 1. The van der Waals surface area contributed by atoms with Crippen LogP contribution in [0.3, 0.4) is 0 Å². The van der Waals surface area contributed by atoms with E-state index in [1.807, 2.05) is 0 Å². The third kappa shape index (κ3) is 2.81. The number of hydrogen-bond donors (Lipinski definition) is 1. The highest BCUT2D eigenvalue weighted by Crippen LogP contribution is 2.14. The summed E-state index contributed by atoms with van der Waals surface area (Å²) in [6, 6.07) is 4.98. The smallest absolute Gasteiger partial charge is 0.244 e. The van der Waals surface area contributed by atoms with Gasteiger partial charge in [0.2, 0.25) is 5.91 Å².